The van der Waals surface area contributed by atoms with E-state index in [1.807, 2.05) is 13.8 Å². The Morgan fingerprint density at radius 3 is 2.46 bits per heavy atom. The fourth-order valence-electron chi connectivity index (χ4n) is 2.58. The lowest BCUT2D eigenvalue weighted by molar-refractivity contribution is -0.116. The van der Waals surface area contributed by atoms with Crippen molar-refractivity contribution in [3.8, 4) is 0 Å². The van der Waals surface area contributed by atoms with Gasteiger partial charge < -0.3 is 5.32 Å². The summed E-state index contributed by atoms with van der Waals surface area (Å²) in [6.07, 6.45) is 1.92. The molecule has 1 aliphatic heterocycles. The average molecular weight is 323 g/mol. The van der Waals surface area contributed by atoms with Crippen LogP contribution in [-0.2, 0) is 4.79 Å². The number of anilines is 2. The molecule has 6 nitrogen and oxygen atoms in total. The lowest BCUT2D eigenvalue weighted by Crippen LogP contribution is -2.29. The lowest BCUT2D eigenvalue weighted by Gasteiger charge is -2.14. The van der Waals surface area contributed by atoms with Gasteiger partial charge in [-0.2, -0.15) is 0 Å². The predicted molar refractivity (Wildman–Crippen MR) is 89.9 cm³/mol. The number of carbonyl (C=O) groups is 3. The van der Waals surface area contributed by atoms with Crippen LogP contribution >= 0.6 is 0 Å². The summed E-state index contributed by atoms with van der Waals surface area (Å²) < 4.78 is 0. The topological polar surface area (TPSA) is 79.4 Å². The third-order valence-electron chi connectivity index (χ3n) is 3.65. The largest absolute Gasteiger partial charge is 0.326 e. The molecule has 0 fully saturated rings. The number of nitrogens with zero attached hydrogens (tertiary/aromatic N) is 2. The van der Waals surface area contributed by atoms with Gasteiger partial charge in [-0.15, -0.1) is 0 Å². The summed E-state index contributed by atoms with van der Waals surface area (Å²) in [6, 6.07) is 9.82. The molecule has 2 heterocycles. The Labute approximate surface area is 139 Å². The highest BCUT2D eigenvalue weighted by atomic mass is 16.2. The van der Waals surface area contributed by atoms with Gasteiger partial charge in [0.05, 0.1) is 11.3 Å². The van der Waals surface area contributed by atoms with Gasteiger partial charge in [-0.25, -0.2) is 4.90 Å². The first-order valence-electron chi connectivity index (χ1n) is 7.71. The maximum Gasteiger partial charge on any atom is 0.284 e. The van der Waals surface area contributed by atoms with Crippen LogP contribution in [0.15, 0.2) is 42.6 Å². The molecular formula is C18H17N3O3. The van der Waals surface area contributed by atoms with Crippen molar-refractivity contribution in [1.82, 2.24) is 4.98 Å². The normalized spacial score (nSPS) is 13.4. The van der Waals surface area contributed by atoms with Crippen LogP contribution in [0.5, 0.6) is 0 Å². The summed E-state index contributed by atoms with van der Waals surface area (Å²) in [6.45, 7) is 3.94. The van der Waals surface area contributed by atoms with Crippen molar-refractivity contribution >= 4 is 29.1 Å². The molecule has 2 aromatic rings. The standard InChI is InChI=1S/C18H17N3O3/c1-11(2)10-15(22)20-12-5-7-13(8-6-12)21-17(23)14-4-3-9-19-16(14)18(21)24/h3-9,11H,10H2,1-2H3,(H,20,22). The van der Waals surface area contributed by atoms with Crippen LogP contribution in [0.4, 0.5) is 11.4 Å². The Hall–Kier alpha value is -3.02. The van der Waals surface area contributed by atoms with Crippen LogP contribution in [0.1, 0.15) is 41.1 Å². The summed E-state index contributed by atoms with van der Waals surface area (Å²) in [4.78, 5) is 41.6. The molecular weight excluding hydrogens is 306 g/mol. The molecule has 0 saturated heterocycles. The summed E-state index contributed by atoms with van der Waals surface area (Å²) >= 11 is 0. The fourth-order valence-corrected chi connectivity index (χ4v) is 2.58. The zero-order chi connectivity index (χ0) is 17.3. The highest BCUT2D eigenvalue weighted by molar-refractivity contribution is 6.33. The second-order valence-corrected chi connectivity index (χ2v) is 6.04. The Bertz CT molecular complexity index is 778. The van der Waals surface area contributed by atoms with Crippen LogP contribution in [0.2, 0.25) is 0 Å². The van der Waals surface area contributed by atoms with Gasteiger partial charge in [-0.3, -0.25) is 19.4 Å². The second kappa shape index (κ2) is 6.23. The molecule has 0 saturated carbocycles. The minimum atomic E-state index is -0.438. The van der Waals surface area contributed by atoms with Gasteiger partial charge >= 0.3 is 0 Å². The molecule has 3 rings (SSSR count). The first-order valence-corrected chi connectivity index (χ1v) is 7.71. The molecule has 1 aliphatic rings. The molecule has 1 N–H and O–H groups in total. The highest BCUT2D eigenvalue weighted by Gasteiger charge is 2.37. The van der Waals surface area contributed by atoms with Gasteiger partial charge in [0.25, 0.3) is 11.8 Å². The van der Waals surface area contributed by atoms with E-state index >= 15 is 0 Å². The number of hydrogen-bond acceptors (Lipinski definition) is 4. The third-order valence-corrected chi connectivity index (χ3v) is 3.65. The number of fused-ring (bicyclic) bond motifs is 1. The Morgan fingerprint density at radius 2 is 1.83 bits per heavy atom. The van der Waals surface area contributed by atoms with Crippen molar-refractivity contribution in [2.75, 3.05) is 10.2 Å². The number of carbonyl (C=O) groups excluding carboxylic acids is 3. The minimum absolute atomic E-state index is 0.0670. The van der Waals surface area contributed by atoms with E-state index in [0.717, 1.165) is 4.90 Å². The van der Waals surface area contributed by atoms with E-state index in [1.165, 1.54) is 6.20 Å². The van der Waals surface area contributed by atoms with Crippen LogP contribution in [0.3, 0.4) is 0 Å². The summed E-state index contributed by atoms with van der Waals surface area (Å²) in [7, 11) is 0. The third kappa shape index (κ3) is 2.90. The number of imide groups is 1. The zero-order valence-corrected chi connectivity index (χ0v) is 13.4. The van der Waals surface area contributed by atoms with Crippen molar-refractivity contribution in [3.05, 3.63) is 53.9 Å². The van der Waals surface area contributed by atoms with Crippen molar-refractivity contribution in [3.63, 3.8) is 0 Å². The van der Waals surface area contributed by atoms with E-state index < -0.39 is 5.91 Å². The number of pyridine rings is 1. The minimum Gasteiger partial charge on any atom is -0.326 e. The Balaban J connectivity index is 1.79. The van der Waals surface area contributed by atoms with Gasteiger partial charge in [0.2, 0.25) is 5.91 Å². The van der Waals surface area contributed by atoms with E-state index in [0.29, 0.717) is 23.4 Å². The van der Waals surface area contributed by atoms with Crippen LogP contribution in [0.25, 0.3) is 0 Å². The number of aromatic nitrogens is 1. The molecule has 6 heteroatoms. The molecule has 122 valence electrons. The fraction of sp³-hybridized carbons (Fsp3) is 0.222. The lowest BCUT2D eigenvalue weighted by atomic mass is 10.1. The smallest absolute Gasteiger partial charge is 0.284 e. The maximum absolute atomic E-state index is 12.4. The maximum atomic E-state index is 12.4. The highest BCUT2D eigenvalue weighted by Crippen LogP contribution is 2.27. The monoisotopic (exact) mass is 323 g/mol. The Morgan fingerprint density at radius 1 is 1.12 bits per heavy atom. The number of rotatable bonds is 4. The predicted octanol–water partition coefficient (Wildman–Crippen LogP) is 2.87. The molecule has 0 spiro atoms. The van der Waals surface area contributed by atoms with Gasteiger partial charge in [-0.1, -0.05) is 13.8 Å². The average Bonchev–Trinajstić information content (AvgIpc) is 2.80. The number of hydrogen-bond donors (Lipinski definition) is 1. The van der Waals surface area contributed by atoms with E-state index in [1.54, 1.807) is 36.4 Å². The van der Waals surface area contributed by atoms with Crippen molar-refractivity contribution in [2.45, 2.75) is 20.3 Å². The number of amides is 3. The first-order chi connectivity index (χ1) is 11.5. The van der Waals surface area contributed by atoms with E-state index in [-0.39, 0.29) is 23.4 Å². The summed E-state index contributed by atoms with van der Waals surface area (Å²) in [5.41, 5.74) is 1.54. The molecule has 3 amide bonds. The van der Waals surface area contributed by atoms with Crippen LogP contribution in [-0.4, -0.2) is 22.7 Å². The Kier molecular flexibility index (Phi) is 4.12. The molecule has 0 aliphatic carbocycles. The van der Waals surface area contributed by atoms with Crippen molar-refractivity contribution < 1.29 is 14.4 Å². The molecule has 0 atom stereocenters. The van der Waals surface area contributed by atoms with Crippen LogP contribution < -0.4 is 10.2 Å². The van der Waals surface area contributed by atoms with Crippen molar-refractivity contribution in [1.29, 1.82) is 0 Å². The van der Waals surface area contributed by atoms with Gasteiger partial charge in [0.1, 0.15) is 5.69 Å². The van der Waals surface area contributed by atoms with Gasteiger partial charge in [-0.05, 0) is 42.3 Å². The molecule has 24 heavy (non-hydrogen) atoms. The molecule has 0 unspecified atom stereocenters. The van der Waals surface area contributed by atoms with Crippen LogP contribution in [0, 0.1) is 5.92 Å². The van der Waals surface area contributed by atoms with Gasteiger partial charge in [0.15, 0.2) is 0 Å². The van der Waals surface area contributed by atoms with Gasteiger partial charge in [0, 0.05) is 18.3 Å². The SMILES string of the molecule is CC(C)CC(=O)Nc1ccc(N2C(=O)c3cccnc3C2=O)cc1. The zero-order valence-electron chi connectivity index (χ0n) is 13.4. The molecule has 0 bridgehead atoms. The first kappa shape index (κ1) is 15.9. The molecule has 0 radical (unpaired) electrons. The second-order valence-electron chi connectivity index (χ2n) is 6.04. The molecule has 1 aromatic heterocycles. The summed E-state index contributed by atoms with van der Waals surface area (Å²) in [5, 5.41) is 2.79. The quantitative estimate of drug-likeness (QED) is 0.878. The molecule has 1 aromatic carbocycles. The van der Waals surface area contributed by atoms with E-state index in [4.69, 9.17) is 0 Å². The van der Waals surface area contributed by atoms with E-state index in [2.05, 4.69) is 10.3 Å². The van der Waals surface area contributed by atoms with Crippen molar-refractivity contribution in [2.24, 2.45) is 5.92 Å². The summed E-state index contributed by atoms with van der Waals surface area (Å²) in [5.74, 6) is -0.621. The number of nitrogens with one attached hydrogen (secondary N) is 1. The number of benzene rings is 1. The van der Waals surface area contributed by atoms with E-state index in [9.17, 15) is 14.4 Å².